The van der Waals surface area contributed by atoms with Crippen LogP contribution in [0.15, 0.2) is 34.5 Å². The first kappa shape index (κ1) is 19.5. The molecule has 0 aliphatic heterocycles. The van der Waals surface area contributed by atoms with Crippen molar-refractivity contribution in [3.8, 4) is 0 Å². The third-order valence-corrected chi connectivity index (χ3v) is 2.89. The number of nitrogens with two attached hydrogens (primary N) is 1. The number of carbonyl (C=O) groups excluding carboxylic acids is 1. The second kappa shape index (κ2) is 8.34. The predicted octanol–water partition coefficient (Wildman–Crippen LogP) is 2.07. The van der Waals surface area contributed by atoms with Crippen LogP contribution < -0.4 is 11.1 Å². The zero-order valence-corrected chi connectivity index (χ0v) is 13.3. The SMILES string of the molecule is C=N/C(=N\C=C(/C)c1cc(CNC(=O)C(C)N)ccn1)C(F)(F)F. The highest BCUT2D eigenvalue weighted by Gasteiger charge is 2.35. The quantitative estimate of drug-likeness (QED) is 0.634. The maximum atomic E-state index is 12.5. The molecule has 0 aliphatic rings. The lowest BCUT2D eigenvalue weighted by Crippen LogP contribution is -2.37. The molecular formula is C15H18F3N5O. The molecule has 0 saturated heterocycles. The Bertz CT molecular complexity index is 665. The normalized spacial score (nSPS) is 14.2. The molecule has 0 radical (unpaired) electrons. The van der Waals surface area contributed by atoms with Gasteiger partial charge in [0.2, 0.25) is 11.7 Å². The topological polar surface area (TPSA) is 92.7 Å². The number of amidine groups is 1. The summed E-state index contributed by atoms with van der Waals surface area (Å²) in [6.45, 7) is 6.20. The highest BCUT2D eigenvalue weighted by molar-refractivity contribution is 5.91. The lowest BCUT2D eigenvalue weighted by molar-refractivity contribution is -0.122. The largest absolute Gasteiger partial charge is 0.451 e. The average molecular weight is 341 g/mol. The smallest absolute Gasteiger partial charge is 0.351 e. The van der Waals surface area contributed by atoms with Gasteiger partial charge in [-0.1, -0.05) is 0 Å². The highest BCUT2D eigenvalue weighted by atomic mass is 19.4. The van der Waals surface area contributed by atoms with Gasteiger partial charge >= 0.3 is 6.18 Å². The summed E-state index contributed by atoms with van der Waals surface area (Å²) in [5, 5.41) is 2.63. The van der Waals surface area contributed by atoms with Gasteiger partial charge < -0.3 is 11.1 Å². The van der Waals surface area contributed by atoms with Crippen molar-refractivity contribution in [1.82, 2.24) is 10.3 Å². The molecule has 24 heavy (non-hydrogen) atoms. The number of hydrogen-bond acceptors (Lipinski definition) is 4. The van der Waals surface area contributed by atoms with Gasteiger partial charge in [0.1, 0.15) is 0 Å². The number of aliphatic imine (C=N–C) groups is 2. The summed E-state index contributed by atoms with van der Waals surface area (Å²) in [4.78, 5) is 21.7. The van der Waals surface area contributed by atoms with Crippen LogP contribution in [0.25, 0.3) is 5.57 Å². The Morgan fingerprint density at radius 2 is 2.21 bits per heavy atom. The van der Waals surface area contributed by atoms with Crippen LogP contribution in [0.1, 0.15) is 25.1 Å². The van der Waals surface area contributed by atoms with Crippen molar-refractivity contribution in [2.75, 3.05) is 0 Å². The molecule has 1 rings (SSSR count). The van der Waals surface area contributed by atoms with Gasteiger partial charge in [-0.25, -0.2) is 9.98 Å². The van der Waals surface area contributed by atoms with E-state index in [-0.39, 0.29) is 12.5 Å². The van der Waals surface area contributed by atoms with E-state index in [4.69, 9.17) is 5.73 Å². The van der Waals surface area contributed by atoms with Crippen LogP contribution in [0.5, 0.6) is 0 Å². The van der Waals surface area contributed by atoms with E-state index in [9.17, 15) is 18.0 Å². The number of rotatable bonds is 5. The van der Waals surface area contributed by atoms with E-state index in [1.54, 1.807) is 26.0 Å². The van der Waals surface area contributed by atoms with Crippen LogP contribution in [0.4, 0.5) is 13.2 Å². The van der Waals surface area contributed by atoms with Crippen LogP contribution in [0.3, 0.4) is 0 Å². The van der Waals surface area contributed by atoms with Crippen LogP contribution >= 0.6 is 0 Å². The van der Waals surface area contributed by atoms with Gasteiger partial charge in [0, 0.05) is 18.9 Å². The number of alkyl halides is 3. The average Bonchev–Trinajstić information content (AvgIpc) is 2.51. The summed E-state index contributed by atoms with van der Waals surface area (Å²) in [5.41, 5.74) is 7.00. The number of carbonyl (C=O) groups is 1. The Balaban J connectivity index is 2.92. The molecule has 6 nitrogen and oxygen atoms in total. The molecule has 1 unspecified atom stereocenters. The lowest BCUT2D eigenvalue weighted by Gasteiger charge is -2.09. The van der Waals surface area contributed by atoms with Crippen molar-refractivity contribution in [3.05, 3.63) is 35.8 Å². The third kappa shape index (κ3) is 5.92. The Kier molecular flexibility index (Phi) is 6.78. The molecule has 0 spiro atoms. The minimum Gasteiger partial charge on any atom is -0.351 e. The summed E-state index contributed by atoms with van der Waals surface area (Å²) < 4.78 is 37.6. The van der Waals surface area contributed by atoms with Crippen LogP contribution in [-0.2, 0) is 11.3 Å². The van der Waals surface area contributed by atoms with Crippen LogP contribution in [-0.4, -0.2) is 35.7 Å². The van der Waals surface area contributed by atoms with E-state index in [1.165, 1.54) is 6.20 Å². The van der Waals surface area contributed by atoms with E-state index in [0.717, 1.165) is 11.8 Å². The highest BCUT2D eigenvalue weighted by Crippen LogP contribution is 2.19. The van der Waals surface area contributed by atoms with Gasteiger partial charge in [-0.3, -0.25) is 9.78 Å². The molecule has 1 amide bonds. The summed E-state index contributed by atoms with van der Waals surface area (Å²) in [5.74, 6) is -1.64. The zero-order valence-electron chi connectivity index (χ0n) is 13.3. The van der Waals surface area contributed by atoms with Crippen LogP contribution in [0.2, 0.25) is 0 Å². The van der Waals surface area contributed by atoms with E-state index in [0.29, 0.717) is 11.3 Å². The Hall–Kier alpha value is -2.55. The molecule has 130 valence electrons. The number of allylic oxidation sites excluding steroid dienone is 1. The maximum absolute atomic E-state index is 12.5. The maximum Gasteiger partial charge on any atom is 0.451 e. The molecule has 0 aromatic carbocycles. The summed E-state index contributed by atoms with van der Waals surface area (Å²) in [6, 6.07) is 2.68. The number of nitrogens with one attached hydrogen (secondary N) is 1. The van der Waals surface area contributed by atoms with Gasteiger partial charge in [-0.05, 0) is 43.8 Å². The molecular weight excluding hydrogens is 323 g/mol. The number of pyridine rings is 1. The zero-order chi connectivity index (χ0) is 18.3. The van der Waals surface area contributed by atoms with E-state index in [2.05, 4.69) is 27.0 Å². The monoisotopic (exact) mass is 341 g/mol. The predicted molar refractivity (Wildman–Crippen MR) is 86.4 cm³/mol. The Labute approximate surface area is 137 Å². The number of hydrogen-bond donors (Lipinski definition) is 2. The summed E-state index contributed by atoms with van der Waals surface area (Å²) in [7, 11) is 0. The first-order chi connectivity index (χ1) is 11.1. The van der Waals surface area contributed by atoms with Crippen molar-refractivity contribution in [3.63, 3.8) is 0 Å². The van der Waals surface area contributed by atoms with Crippen molar-refractivity contribution in [1.29, 1.82) is 0 Å². The molecule has 1 heterocycles. The van der Waals surface area contributed by atoms with Crippen LogP contribution in [0, 0.1) is 0 Å². The molecule has 3 N–H and O–H groups in total. The van der Waals surface area contributed by atoms with Crippen molar-refractivity contribution >= 4 is 24.0 Å². The molecule has 9 heteroatoms. The first-order valence-electron chi connectivity index (χ1n) is 6.92. The van der Waals surface area contributed by atoms with Crippen molar-refractivity contribution in [2.24, 2.45) is 15.7 Å². The minimum atomic E-state index is -4.67. The fourth-order valence-electron chi connectivity index (χ4n) is 1.58. The number of amides is 1. The van der Waals surface area contributed by atoms with Gasteiger partial charge in [0.05, 0.1) is 11.7 Å². The second-order valence-corrected chi connectivity index (χ2v) is 4.98. The fraction of sp³-hybridized carbons (Fsp3) is 0.333. The number of nitrogens with zero attached hydrogens (tertiary/aromatic N) is 3. The van der Waals surface area contributed by atoms with Gasteiger partial charge in [-0.15, -0.1) is 0 Å². The Morgan fingerprint density at radius 1 is 1.54 bits per heavy atom. The van der Waals surface area contributed by atoms with Gasteiger partial charge in [-0.2, -0.15) is 13.2 Å². The summed E-state index contributed by atoms with van der Waals surface area (Å²) in [6.07, 6.45) is -2.17. The fourth-order valence-corrected chi connectivity index (χ4v) is 1.58. The molecule has 1 aromatic rings. The van der Waals surface area contributed by atoms with Crippen molar-refractivity contribution < 1.29 is 18.0 Å². The standard InChI is InChI=1S/C15H18F3N5O/c1-9(7-23-14(20-3)15(16,17)18)12-6-11(4-5-21-12)8-22-13(24)10(2)19/h4-7,10H,3,8,19H2,1-2H3,(H,22,24)/b9-7+,23-14-. The molecule has 0 bridgehead atoms. The first-order valence-corrected chi connectivity index (χ1v) is 6.92. The third-order valence-electron chi connectivity index (χ3n) is 2.89. The summed E-state index contributed by atoms with van der Waals surface area (Å²) >= 11 is 0. The number of halogens is 3. The molecule has 0 aliphatic carbocycles. The molecule has 0 saturated carbocycles. The molecule has 1 atom stereocenters. The molecule has 0 fully saturated rings. The van der Waals surface area contributed by atoms with Gasteiger partial charge in [0.15, 0.2) is 0 Å². The second-order valence-electron chi connectivity index (χ2n) is 4.98. The van der Waals surface area contributed by atoms with E-state index in [1.807, 2.05) is 0 Å². The van der Waals surface area contributed by atoms with Crippen molar-refractivity contribution in [2.45, 2.75) is 32.6 Å². The molecule has 1 aromatic heterocycles. The van der Waals surface area contributed by atoms with Gasteiger partial charge in [0.25, 0.3) is 0 Å². The minimum absolute atomic E-state index is 0.231. The van der Waals surface area contributed by atoms with E-state index >= 15 is 0 Å². The lowest BCUT2D eigenvalue weighted by atomic mass is 10.1. The van der Waals surface area contributed by atoms with E-state index < -0.39 is 18.1 Å². The number of aromatic nitrogens is 1. The Morgan fingerprint density at radius 3 is 2.75 bits per heavy atom.